The molecule has 1 aromatic heterocycles. The van der Waals surface area contributed by atoms with E-state index < -0.39 is 5.60 Å². The third kappa shape index (κ3) is 5.06. The van der Waals surface area contributed by atoms with E-state index in [1.807, 2.05) is 47.8 Å². The molecule has 0 saturated carbocycles. The van der Waals surface area contributed by atoms with Gasteiger partial charge in [-0.1, -0.05) is 36.4 Å². The van der Waals surface area contributed by atoms with E-state index in [4.69, 9.17) is 4.74 Å². The van der Waals surface area contributed by atoms with Gasteiger partial charge in [0.05, 0.1) is 12.6 Å². The van der Waals surface area contributed by atoms with E-state index in [1.54, 1.807) is 14.0 Å². The summed E-state index contributed by atoms with van der Waals surface area (Å²) in [5.41, 5.74) is -0.0770. The second kappa shape index (κ2) is 8.10. The summed E-state index contributed by atoms with van der Waals surface area (Å²) in [5, 5.41) is 17.7. The Balaban J connectivity index is 1.81. The normalized spacial score (nSPS) is 14.7. The summed E-state index contributed by atoms with van der Waals surface area (Å²) >= 11 is 1.46. The fourth-order valence-electron chi connectivity index (χ4n) is 2.18. The highest BCUT2D eigenvalue weighted by atomic mass is 32.1. The Bertz CT molecular complexity index is 600. The lowest BCUT2D eigenvalue weighted by molar-refractivity contribution is 0.0626. The average Bonchev–Trinajstić information content (AvgIpc) is 3.10. The van der Waals surface area contributed by atoms with Gasteiger partial charge in [-0.05, 0) is 23.9 Å². The lowest BCUT2D eigenvalue weighted by atomic mass is 10.1. The van der Waals surface area contributed by atoms with Gasteiger partial charge in [-0.3, -0.25) is 0 Å². The SMILES string of the molecule is COC(CNC(=O)NCC(C)(O)c1cccs1)c1ccccc1. The monoisotopic (exact) mass is 334 g/mol. The topological polar surface area (TPSA) is 70.6 Å². The van der Waals surface area contributed by atoms with Crippen LogP contribution in [0.4, 0.5) is 4.79 Å². The predicted octanol–water partition coefficient (Wildman–Crippen LogP) is 2.64. The quantitative estimate of drug-likeness (QED) is 0.729. The molecule has 0 saturated heterocycles. The molecule has 0 aliphatic rings. The van der Waals surface area contributed by atoms with E-state index >= 15 is 0 Å². The van der Waals surface area contributed by atoms with Crippen LogP contribution < -0.4 is 10.6 Å². The fourth-order valence-corrected chi connectivity index (χ4v) is 2.96. The Morgan fingerprint density at radius 3 is 2.61 bits per heavy atom. The number of amides is 2. The number of hydrogen-bond acceptors (Lipinski definition) is 4. The Kier molecular flexibility index (Phi) is 6.15. The van der Waals surface area contributed by atoms with Gasteiger partial charge >= 0.3 is 6.03 Å². The van der Waals surface area contributed by atoms with Gasteiger partial charge in [0.2, 0.25) is 0 Å². The van der Waals surface area contributed by atoms with Crippen LogP contribution in [0.15, 0.2) is 47.8 Å². The Morgan fingerprint density at radius 1 is 1.26 bits per heavy atom. The number of rotatable bonds is 7. The van der Waals surface area contributed by atoms with Crippen molar-refractivity contribution in [3.8, 4) is 0 Å². The van der Waals surface area contributed by atoms with E-state index in [0.29, 0.717) is 6.54 Å². The first-order valence-electron chi connectivity index (χ1n) is 7.39. The molecule has 1 heterocycles. The van der Waals surface area contributed by atoms with Crippen molar-refractivity contribution in [1.82, 2.24) is 10.6 Å². The van der Waals surface area contributed by atoms with Gasteiger partial charge in [-0.15, -0.1) is 11.3 Å². The maximum atomic E-state index is 11.9. The molecule has 1 aromatic carbocycles. The standard InChI is InChI=1S/C17H22N2O3S/c1-17(21,15-9-6-10-23-15)12-19-16(20)18-11-14(22-2)13-7-4-3-5-8-13/h3-10,14,21H,11-12H2,1-2H3,(H2,18,19,20). The number of aliphatic hydroxyl groups is 1. The number of ether oxygens (including phenoxy) is 1. The van der Waals surface area contributed by atoms with Crippen molar-refractivity contribution < 1.29 is 14.6 Å². The molecular formula is C17H22N2O3S. The largest absolute Gasteiger partial charge is 0.383 e. The average molecular weight is 334 g/mol. The highest BCUT2D eigenvalue weighted by Gasteiger charge is 2.24. The molecule has 0 radical (unpaired) electrons. The Morgan fingerprint density at radius 2 is 2.00 bits per heavy atom. The number of thiophene rings is 1. The van der Waals surface area contributed by atoms with Crippen molar-refractivity contribution >= 4 is 17.4 Å². The van der Waals surface area contributed by atoms with Crippen LogP contribution in [0.1, 0.15) is 23.5 Å². The molecule has 2 unspecified atom stereocenters. The van der Waals surface area contributed by atoms with Gasteiger partial charge in [0.15, 0.2) is 0 Å². The summed E-state index contributed by atoms with van der Waals surface area (Å²) < 4.78 is 5.40. The first-order chi connectivity index (χ1) is 11.0. The van der Waals surface area contributed by atoms with Crippen LogP contribution in [0.25, 0.3) is 0 Å². The maximum Gasteiger partial charge on any atom is 0.315 e. The first kappa shape index (κ1) is 17.5. The molecule has 2 rings (SSSR count). The van der Waals surface area contributed by atoms with Gasteiger partial charge in [0.1, 0.15) is 5.60 Å². The van der Waals surface area contributed by atoms with Crippen molar-refractivity contribution in [1.29, 1.82) is 0 Å². The molecule has 6 heteroatoms. The first-order valence-corrected chi connectivity index (χ1v) is 8.26. The number of carbonyl (C=O) groups is 1. The maximum absolute atomic E-state index is 11.9. The number of urea groups is 1. The smallest absolute Gasteiger partial charge is 0.315 e. The van der Waals surface area contributed by atoms with Gasteiger partial charge in [-0.2, -0.15) is 0 Å². The third-order valence-electron chi connectivity index (χ3n) is 3.55. The predicted molar refractivity (Wildman–Crippen MR) is 91.5 cm³/mol. The summed E-state index contributed by atoms with van der Waals surface area (Å²) in [5.74, 6) is 0. The van der Waals surface area contributed by atoms with Crippen LogP contribution in [0.5, 0.6) is 0 Å². The minimum atomic E-state index is -1.08. The minimum absolute atomic E-state index is 0.141. The minimum Gasteiger partial charge on any atom is -0.383 e. The molecule has 23 heavy (non-hydrogen) atoms. The molecule has 0 aliphatic carbocycles. The van der Waals surface area contributed by atoms with Crippen molar-refractivity contribution in [2.45, 2.75) is 18.6 Å². The highest BCUT2D eigenvalue weighted by molar-refractivity contribution is 7.10. The zero-order chi connectivity index (χ0) is 16.7. The summed E-state index contributed by atoms with van der Waals surface area (Å²) in [7, 11) is 1.61. The van der Waals surface area contributed by atoms with Crippen molar-refractivity contribution in [2.75, 3.05) is 20.2 Å². The van der Waals surface area contributed by atoms with Gasteiger partial charge in [0, 0.05) is 18.5 Å². The molecule has 2 atom stereocenters. The van der Waals surface area contributed by atoms with E-state index in [0.717, 1.165) is 10.4 Å². The van der Waals surface area contributed by atoms with Crippen LogP contribution in [-0.2, 0) is 10.3 Å². The highest BCUT2D eigenvalue weighted by Crippen LogP contribution is 2.24. The summed E-state index contributed by atoms with van der Waals surface area (Å²) in [6.07, 6.45) is -0.209. The van der Waals surface area contributed by atoms with Crippen molar-refractivity contribution in [3.63, 3.8) is 0 Å². The zero-order valence-corrected chi connectivity index (χ0v) is 14.1. The van der Waals surface area contributed by atoms with Crippen molar-refractivity contribution in [3.05, 3.63) is 58.3 Å². The van der Waals surface area contributed by atoms with E-state index in [-0.39, 0.29) is 18.7 Å². The third-order valence-corrected chi connectivity index (χ3v) is 4.67. The fraction of sp³-hybridized carbons (Fsp3) is 0.353. The van der Waals surface area contributed by atoms with Gasteiger partial charge < -0.3 is 20.5 Å². The second-order valence-corrected chi connectivity index (χ2v) is 6.40. The van der Waals surface area contributed by atoms with Crippen molar-refractivity contribution in [2.24, 2.45) is 0 Å². The molecular weight excluding hydrogens is 312 g/mol. The molecule has 2 aromatic rings. The van der Waals surface area contributed by atoms with E-state index in [9.17, 15) is 9.90 Å². The second-order valence-electron chi connectivity index (χ2n) is 5.45. The van der Waals surface area contributed by atoms with Crippen LogP contribution in [0, 0.1) is 0 Å². The van der Waals surface area contributed by atoms with Gasteiger partial charge in [-0.25, -0.2) is 4.79 Å². The molecule has 0 spiro atoms. The number of nitrogens with one attached hydrogen (secondary N) is 2. The van der Waals surface area contributed by atoms with Crippen LogP contribution in [0.3, 0.4) is 0 Å². The Labute approximate surface area is 140 Å². The van der Waals surface area contributed by atoms with Crippen LogP contribution in [-0.4, -0.2) is 31.3 Å². The van der Waals surface area contributed by atoms with E-state index in [2.05, 4.69) is 10.6 Å². The number of methoxy groups -OCH3 is 1. The number of hydrogen-bond donors (Lipinski definition) is 3. The molecule has 3 N–H and O–H groups in total. The molecule has 124 valence electrons. The summed E-state index contributed by atoms with van der Waals surface area (Å²) in [6.45, 7) is 2.18. The lowest BCUT2D eigenvalue weighted by Crippen LogP contribution is -2.44. The lowest BCUT2D eigenvalue weighted by Gasteiger charge is -2.23. The molecule has 2 amide bonds. The van der Waals surface area contributed by atoms with Gasteiger partial charge in [0.25, 0.3) is 0 Å². The summed E-state index contributed by atoms with van der Waals surface area (Å²) in [4.78, 5) is 12.7. The molecule has 0 bridgehead atoms. The zero-order valence-electron chi connectivity index (χ0n) is 13.3. The number of benzene rings is 1. The van der Waals surface area contributed by atoms with Crippen LogP contribution in [0.2, 0.25) is 0 Å². The molecule has 5 nitrogen and oxygen atoms in total. The summed E-state index contributed by atoms with van der Waals surface area (Å²) in [6, 6.07) is 13.1. The Hall–Kier alpha value is -1.89. The molecule has 0 fully saturated rings. The van der Waals surface area contributed by atoms with E-state index in [1.165, 1.54) is 11.3 Å². The molecule has 0 aliphatic heterocycles. The number of carbonyl (C=O) groups excluding carboxylic acids is 1. The van der Waals surface area contributed by atoms with Crippen LogP contribution >= 0.6 is 11.3 Å².